The molecule has 1 aliphatic rings. The molecule has 0 saturated carbocycles. The van der Waals surface area contributed by atoms with Crippen molar-refractivity contribution in [3.63, 3.8) is 0 Å². The molecular formula is C16H24N2O. The first-order valence-electron chi connectivity index (χ1n) is 7.05. The molecule has 19 heavy (non-hydrogen) atoms. The zero-order chi connectivity index (χ0) is 13.9. The second kappa shape index (κ2) is 5.85. The van der Waals surface area contributed by atoms with Gasteiger partial charge in [0.15, 0.2) is 5.78 Å². The molecule has 3 heteroatoms. The Morgan fingerprint density at radius 1 is 1.26 bits per heavy atom. The lowest BCUT2D eigenvalue weighted by Crippen LogP contribution is -2.54. The summed E-state index contributed by atoms with van der Waals surface area (Å²) >= 11 is 0. The molecule has 1 N–H and O–H groups in total. The highest BCUT2D eigenvalue weighted by atomic mass is 16.1. The number of carbonyl (C=O) groups excluding carboxylic acids is 1. The number of aryl methyl sites for hydroxylation is 1. The number of hydrogen-bond acceptors (Lipinski definition) is 3. The maximum atomic E-state index is 12.5. The Labute approximate surface area is 116 Å². The van der Waals surface area contributed by atoms with E-state index >= 15 is 0 Å². The van der Waals surface area contributed by atoms with Crippen molar-refractivity contribution < 1.29 is 4.79 Å². The fourth-order valence-corrected chi connectivity index (χ4v) is 2.76. The van der Waals surface area contributed by atoms with Crippen LogP contribution in [0.1, 0.15) is 36.2 Å². The van der Waals surface area contributed by atoms with Crippen LogP contribution in [0.5, 0.6) is 0 Å². The molecule has 1 fully saturated rings. The van der Waals surface area contributed by atoms with Crippen molar-refractivity contribution in [3.8, 4) is 0 Å². The van der Waals surface area contributed by atoms with Gasteiger partial charge in [-0.05, 0) is 26.3 Å². The molecule has 3 nitrogen and oxygen atoms in total. The summed E-state index contributed by atoms with van der Waals surface area (Å²) in [4.78, 5) is 14.9. The number of nitrogens with zero attached hydrogens (tertiary/aromatic N) is 1. The molecule has 104 valence electrons. The fraction of sp³-hybridized carbons (Fsp3) is 0.562. The van der Waals surface area contributed by atoms with Crippen LogP contribution in [0.4, 0.5) is 0 Å². The summed E-state index contributed by atoms with van der Waals surface area (Å²) in [6.07, 6.45) is 0.581. The molecule has 0 unspecified atom stereocenters. The third-order valence-electron chi connectivity index (χ3n) is 4.01. The van der Waals surface area contributed by atoms with E-state index in [0.29, 0.717) is 6.42 Å². The Hall–Kier alpha value is -1.19. The molecule has 0 aromatic heterocycles. The lowest BCUT2D eigenvalue weighted by atomic mass is 9.90. The molecule has 0 bridgehead atoms. The Morgan fingerprint density at radius 2 is 1.89 bits per heavy atom. The summed E-state index contributed by atoms with van der Waals surface area (Å²) in [5, 5.41) is 3.35. The van der Waals surface area contributed by atoms with Crippen molar-refractivity contribution in [3.05, 3.63) is 35.4 Å². The summed E-state index contributed by atoms with van der Waals surface area (Å²) in [7, 11) is 0. The van der Waals surface area contributed by atoms with Crippen LogP contribution >= 0.6 is 0 Å². The highest BCUT2D eigenvalue weighted by molar-refractivity contribution is 5.98. The Morgan fingerprint density at radius 3 is 2.53 bits per heavy atom. The standard InChI is InChI=1S/C16H24N2O/c1-13-6-4-5-7-14(13)15(19)12-16(2,3)18-10-8-17-9-11-18/h4-7,17H,8-12H2,1-3H3. The number of hydrogen-bond donors (Lipinski definition) is 1. The Balaban J connectivity index is 2.07. The van der Waals surface area contributed by atoms with E-state index in [1.54, 1.807) is 0 Å². The smallest absolute Gasteiger partial charge is 0.164 e. The third kappa shape index (κ3) is 3.43. The highest BCUT2D eigenvalue weighted by Crippen LogP contribution is 2.22. The van der Waals surface area contributed by atoms with Crippen molar-refractivity contribution in [2.45, 2.75) is 32.7 Å². The van der Waals surface area contributed by atoms with E-state index in [1.807, 2.05) is 31.2 Å². The van der Waals surface area contributed by atoms with Gasteiger partial charge in [0, 0.05) is 43.7 Å². The summed E-state index contributed by atoms with van der Waals surface area (Å²) in [5.41, 5.74) is 1.87. The van der Waals surface area contributed by atoms with Gasteiger partial charge in [-0.25, -0.2) is 0 Å². The van der Waals surface area contributed by atoms with Crippen LogP contribution in [-0.4, -0.2) is 42.4 Å². The van der Waals surface area contributed by atoms with Gasteiger partial charge in [-0.1, -0.05) is 24.3 Å². The molecule has 1 aromatic carbocycles. The van der Waals surface area contributed by atoms with Gasteiger partial charge >= 0.3 is 0 Å². The maximum absolute atomic E-state index is 12.5. The van der Waals surface area contributed by atoms with Crippen molar-refractivity contribution in [1.29, 1.82) is 0 Å². The van der Waals surface area contributed by atoms with Gasteiger partial charge in [0.05, 0.1) is 0 Å². The first kappa shape index (κ1) is 14.2. The van der Waals surface area contributed by atoms with Gasteiger partial charge in [-0.15, -0.1) is 0 Å². The monoisotopic (exact) mass is 260 g/mol. The molecule has 0 spiro atoms. The van der Waals surface area contributed by atoms with E-state index in [9.17, 15) is 4.79 Å². The molecule has 2 rings (SSSR count). The molecule has 0 radical (unpaired) electrons. The molecule has 1 saturated heterocycles. The summed E-state index contributed by atoms with van der Waals surface area (Å²) < 4.78 is 0. The lowest BCUT2D eigenvalue weighted by molar-refractivity contribution is 0.0729. The topological polar surface area (TPSA) is 32.3 Å². The van der Waals surface area contributed by atoms with Crippen LogP contribution < -0.4 is 5.32 Å². The van der Waals surface area contributed by atoms with Gasteiger partial charge in [0.25, 0.3) is 0 Å². The first-order chi connectivity index (χ1) is 9.00. The molecule has 0 amide bonds. The van der Waals surface area contributed by atoms with E-state index in [4.69, 9.17) is 0 Å². The SMILES string of the molecule is Cc1ccccc1C(=O)CC(C)(C)N1CCNCC1. The van der Waals surface area contributed by atoms with Crippen molar-refractivity contribution in [2.75, 3.05) is 26.2 Å². The average Bonchev–Trinajstić information content (AvgIpc) is 2.39. The zero-order valence-electron chi connectivity index (χ0n) is 12.2. The van der Waals surface area contributed by atoms with Crippen LogP contribution in [0.3, 0.4) is 0 Å². The van der Waals surface area contributed by atoms with Crippen molar-refractivity contribution >= 4 is 5.78 Å². The van der Waals surface area contributed by atoms with Crippen LogP contribution in [0.25, 0.3) is 0 Å². The van der Waals surface area contributed by atoms with Gasteiger partial charge in [-0.2, -0.15) is 0 Å². The predicted molar refractivity (Wildman–Crippen MR) is 78.6 cm³/mol. The van der Waals surface area contributed by atoms with E-state index in [1.165, 1.54) is 0 Å². The van der Waals surface area contributed by atoms with E-state index in [2.05, 4.69) is 24.1 Å². The van der Waals surface area contributed by atoms with Gasteiger partial charge in [0.1, 0.15) is 0 Å². The van der Waals surface area contributed by atoms with Crippen LogP contribution in [-0.2, 0) is 0 Å². The number of nitrogens with one attached hydrogen (secondary N) is 1. The second-order valence-corrected chi connectivity index (χ2v) is 5.96. The van der Waals surface area contributed by atoms with Gasteiger partial charge < -0.3 is 5.32 Å². The minimum atomic E-state index is -0.0680. The van der Waals surface area contributed by atoms with Crippen molar-refractivity contribution in [2.24, 2.45) is 0 Å². The largest absolute Gasteiger partial charge is 0.314 e. The number of rotatable bonds is 4. The minimum Gasteiger partial charge on any atom is -0.314 e. The molecule has 1 heterocycles. The molecular weight excluding hydrogens is 236 g/mol. The molecule has 1 aliphatic heterocycles. The average molecular weight is 260 g/mol. The summed E-state index contributed by atoms with van der Waals surface area (Å²) in [6.45, 7) is 10.4. The number of ketones is 1. The maximum Gasteiger partial charge on any atom is 0.164 e. The van der Waals surface area contributed by atoms with Crippen LogP contribution in [0, 0.1) is 6.92 Å². The Bertz CT molecular complexity index is 448. The van der Waals surface area contributed by atoms with E-state index < -0.39 is 0 Å². The van der Waals surface area contributed by atoms with E-state index in [-0.39, 0.29) is 11.3 Å². The highest BCUT2D eigenvalue weighted by Gasteiger charge is 2.30. The second-order valence-electron chi connectivity index (χ2n) is 5.96. The number of piperazine rings is 1. The third-order valence-corrected chi connectivity index (χ3v) is 4.01. The van der Waals surface area contributed by atoms with Gasteiger partial charge in [-0.3, -0.25) is 9.69 Å². The van der Waals surface area contributed by atoms with Gasteiger partial charge in [0.2, 0.25) is 0 Å². The van der Waals surface area contributed by atoms with E-state index in [0.717, 1.165) is 37.3 Å². The quantitative estimate of drug-likeness (QED) is 0.843. The lowest BCUT2D eigenvalue weighted by Gasteiger charge is -2.41. The molecule has 0 aliphatic carbocycles. The summed E-state index contributed by atoms with van der Waals surface area (Å²) in [5.74, 6) is 0.252. The molecule has 0 atom stereocenters. The normalized spacial score (nSPS) is 17.4. The fourth-order valence-electron chi connectivity index (χ4n) is 2.76. The zero-order valence-corrected chi connectivity index (χ0v) is 12.2. The number of carbonyl (C=O) groups is 1. The summed E-state index contributed by atoms with van der Waals surface area (Å²) in [6, 6.07) is 7.86. The first-order valence-corrected chi connectivity index (χ1v) is 7.05. The van der Waals surface area contributed by atoms with Crippen molar-refractivity contribution in [1.82, 2.24) is 10.2 Å². The number of Topliss-reactive ketones (excluding diaryl/α,β-unsaturated/α-hetero) is 1. The Kier molecular flexibility index (Phi) is 4.38. The van der Waals surface area contributed by atoms with Crippen LogP contribution in [0.15, 0.2) is 24.3 Å². The minimum absolute atomic E-state index is 0.0680. The predicted octanol–water partition coefficient (Wildman–Crippen LogP) is 2.25. The van der Waals surface area contributed by atoms with Crippen LogP contribution in [0.2, 0.25) is 0 Å². The molecule has 1 aromatic rings. The number of benzene rings is 1.